The van der Waals surface area contributed by atoms with Gasteiger partial charge < -0.3 is 19.4 Å². The van der Waals surface area contributed by atoms with Crippen molar-refractivity contribution in [2.45, 2.75) is 50.1 Å². The van der Waals surface area contributed by atoms with Crippen molar-refractivity contribution >= 4 is 22.8 Å². The molecule has 1 saturated carbocycles. The summed E-state index contributed by atoms with van der Waals surface area (Å²) < 4.78 is 6.25. The highest BCUT2D eigenvalue weighted by molar-refractivity contribution is 5.90. The second-order valence-corrected chi connectivity index (χ2v) is 11.9. The van der Waals surface area contributed by atoms with E-state index in [2.05, 4.69) is 53.8 Å². The summed E-state index contributed by atoms with van der Waals surface area (Å²) in [5, 5.41) is 9.49. The first-order valence-electron chi connectivity index (χ1n) is 14.7. The summed E-state index contributed by atoms with van der Waals surface area (Å²) in [4.78, 5) is 33.4. The summed E-state index contributed by atoms with van der Waals surface area (Å²) in [6.45, 7) is 6.76. The molecule has 4 heterocycles. The highest BCUT2D eigenvalue weighted by Gasteiger charge is 2.46. The van der Waals surface area contributed by atoms with Crippen molar-refractivity contribution in [2.24, 2.45) is 5.92 Å². The van der Waals surface area contributed by atoms with Crippen molar-refractivity contribution in [2.75, 3.05) is 44.7 Å². The van der Waals surface area contributed by atoms with Crippen LogP contribution in [0, 0.1) is 17.2 Å². The Bertz CT molecular complexity index is 1570. The zero-order valence-corrected chi connectivity index (χ0v) is 23.5. The topological polar surface area (TPSA) is 98.5 Å². The van der Waals surface area contributed by atoms with Crippen LogP contribution in [-0.2, 0) is 11.2 Å². The number of nitrogens with zero attached hydrogens (tertiary/aromatic N) is 7. The third-order valence-corrected chi connectivity index (χ3v) is 9.42. The molecule has 2 aliphatic heterocycles. The Morgan fingerprint density at radius 1 is 1.24 bits per heavy atom. The molecule has 2 saturated heterocycles. The van der Waals surface area contributed by atoms with Gasteiger partial charge in [0.05, 0.1) is 24.0 Å². The number of nitriles is 1. The number of hydrogen-bond acceptors (Lipinski definition) is 8. The van der Waals surface area contributed by atoms with Gasteiger partial charge in [0.15, 0.2) is 5.82 Å². The Morgan fingerprint density at radius 2 is 2.15 bits per heavy atom. The number of hydrogen-bond donors (Lipinski definition) is 0. The number of fused-ring (bicyclic) bond motifs is 4. The van der Waals surface area contributed by atoms with Crippen LogP contribution in [0.3, 0.4) is 0 Å². The van der Waals surface area contributed by atoms with Crippen LogP contribution in [-0.4, -0.2) is 82.6 Å². The molecule has 4 atom stereocenters. The summed E-state index contributed by atoms with van der Waals surface area (Å²) in [5.41, 5.74) is 6.71. The molecule has 3 aromatic rings. The van der Waals surface area contributed by atoms with Crippen molar-refractivity contribution < 1.29 is 9.53 Å². The smallest absolute Gasteiger partial charge is 0.319 e. The molecule has 9 nitrogen and oxygen atoms in total. The number of benzene rings is 1. The van der Waals surface area contributed by atoms with E-state index in [4.69, 9.17) is 19.7 Å². The number of aromatic nitrogens is 3. The molecule has 0 radical (unpaired) electrons. The third-order valence-electron chi connectivity index (χ3n) is 9.42. The van der Waals surface area contributed by atoms with E-state index in [1.165, 1.54) is 42.0 Å². The Kier molecular flexibility index (Phi) is 6.58. The number of piperazine rings is 1. The maximum Gasteiger partial charge on any atom is 0.319 e. The molecule has 1 aromatic carbocycles. The highest BCUT2D eigenvalue weighted by Crippen LogP contribution is 2.58. The van der Waals surface area contributed by atoms with Crippen molar-refractivity contribution in [3.8, 4) is 23.2 Å². The van der Waals surface area contributed by atoms with Gasteiger partial charge in [0.2, 0.25) is 5.91 Å². The van der Waals surface area contributed by atoms with Crippen LogP contribution in [0.5, 0.6) is 6.01 Å². The molecule has 0 spiro atoms. The van der Waals surface area contributed by atoms with Crippen LogP contribution in [0.1, 0.15) is 42.7 Å². The van der Waals surface area contributed by atoms with Gasteiger partial charge in [0, 0.05) is 37.4 Å². The Morgan fingerprint density at radius 3 is 2.95 bits per heavy atom. The van der Waals surface area contributed by atoms with Gasteiger partial charge >= 0.3 is 6.01 Å². The van der Waals surface area contributed by atoms with Crippen LogP contribution < -0.4 is 9.64 Å². The van der Waals surface area contributed by atoms with E-state index < -0.39 is 0 Å². The van der Waals surface area contributed by atoms with Gasteiger partial charge in [-0.2, -0.15) is 15.2 Å². The average molecular weight is 550 g/mol. The number of carbonyl (C=O) groups is 1. The van der Waals surface area contributed by atoms with Crippen molar-refractivity contribution in [1.29, 1.82) is 5.26 Å². The number of ether oxygens (including phenoxy) is 1. The lowest BCUT2D eigenvalue weighted by Crippen LogP contribution is -2.55. The molecule has 1 amide bonds. The molecule has 7 rings (SSSR count). The fourth-order valence-electron chi connectivity index (χ4n) is 7.10. The van der Waals surface area contributed by atoms with E-state index in [9.17, 15) is 10.1 Å². The fraction of sp³-hybridized carbons (Fsp3) is 0.469. The van der Waals surface area contributed by atoms with Gasteiger partial charge in [-0.05, 0) is 79.9 Å². The number of carbonyl (C=O) groups excluding carboxylic acids is 1. The van der Waals surface area contributed by atoms with Crippen molar-refractivity contribution in [1.82, 2.24) is 24.8 Å². The average Bonchev–Trinajstić information content (AvgIpc) is 3.47. The molecule has 210 valence electrons. The predicted octanol–water partition coefficient (Wildman–Crippen LogP) is 3.94. The minimum absolute atomic E-state index is 0.154. The minimum Gasteiger partial charge on any atom is -0.462 e. The van der Waals surface area contributed by atoms with E-state index in [1.807, 2.05) is 6.20 Å². The molecule has 4 aliphatic rings. The molecular formula is C32H35N7O2. The van der Waals surface area contributed by atoms with Crippen LogP contribution >= 0.6 is 0 Å². The third kappa shape index (κ3) is 4.70. The quantitative estimate of drug-likeness (QED) is 0.409. The monoisotopic (exact) mass is 549 g/mol. The number of rotatable bonds is 7. The first kappa shape index (κ1) is 25.9. The van der Waals surface area contributed by atoms with Crippen molar-refractivity contribution in [3.63, 3.8) is 0 Å². The molecular weight excluding hydrogens is 514 g/mol. The molecule has 0 unspecified atom stereocenters. The zero-order valence-electron chi connectivity index (χ0n) is 23.5. The molecule has 2 aliphatic carbocycles. The zero-order chi connectivity index (χ0) is 28.1. The molecule has 0 N–H and O–H groups in total. The summed E-state index contributed by atoms with van der Waals surface area (Å²) in [6, 6.07) is 11.4. The van der Waals surface area contributed by atoms with Gasteiger partial charge in [-0.1, -0.05) is 24.8 Å². The lowest BCUT2D eigenvalue weighted by atomic mass is 9.95. The van der Waals surface area contributed by atoms with E-state index in [0.717, 1.165) is 30.0 Å². The Labute approximate surface area is 240 Å². The fourth-order valence-corrected chi connectivity index (χ4v) is 7.10. The summed E-state index contributed by atoms with van der Waals surface area (Å²) in [5.74, 6) is 2.01. The van der Waals surface area contributed by atoms with E-state index in [1.54, 1.807) is 4.90 Å². The van der Waals surface area contributed by atoms with E-state index in [-0.39, 0.29) is 18.4 Å². The molecule has 0 bridgehead atoms. The normalized spacial score (nSPS) is 25.1. The summed E-state index contributed by atoms with van der Waals surface area (Å²) in [7, 11) is 2.13. The molecule has 41 heavy (non-hydrogen) atoms. The standard InChI is InChI=1S/C32H35N7O2/c1-3-28(40)39-13-12-38(18-23(39)9-10-33)31-30-27(35-32(36-31)41-19-24-7-5-11-37(24)2)16-22(17-34-30)25-8-4-6-20-14-21-15-26(21)29(20)25/h3-4,6,8,16-17,21,23-24,26H,1,5,7,9,11-15,18-19H2,2H3/t21-,23-,24-,26+/m0/s1. The van der Waals surface area contributed by atoms with E-state index in [0.29, 0.717) is 55.5 Å². The first-order valence-corrected chi connectivity index (χ1v) is 14.7. The number of amides is 1. The summed E-state index contributed by atoms with van der Waals surface area (Å²) >= 11 is 0. The maximum absolute atomic E-state index is 12.5. The van der Waals surface area contributed by atoms with Gasteiger partial charge in [0.25, 0.3) is 0 Å². The second-order valence-electron chi connectivity index (χ2n) is 11.9. The summed E-state index contributed by atoms with van der Waals surface area (Å²) in [6.07, 6.45) is 8.22. The van der Waals surface area contributed by atoms with Crippen LogP contribution in [0.15, 0.2) is 43.1 Å². The molecule has 9 heteroatoms. The van der Waals surface area contributed by atoms with E-state index >= 15 is 0 Å². The van der Waals surface area contributed by atoms with Crippen LogP contribution in [0.4, 0.5) is 5.82 Å². The SMILES string of the molecule is C=CC(=O)N1CCN(c2nc(OC[C@@H]3CCCN3C)nc3cc(-c4cccc5c4[C@@H]4C[C@@H]4C5)cnc23)C[C@@H]1CC#N. The van der Waals surface area contributed by atoms with Crippen LogP contribution in [0.2, 0.25) is 0 Å². The van der Waals surface area contributed by atoms with Crippen molar-refractivity contribution in [3.05, 3.63) is 54.2 Å². The first-order chi connectivity index (χ1) is 20.0. The van der Waals surface area contributed by atoms with Crippen LogP contribution in [0.25, 0.3) is 22.2 Å². The minimum atomic E-state index is -0.265. The lowest BCUT2D eigenvalue weighted by Gasteiger charge is -2.40. The Hall–Kier alpha value is -4.03. The Balaban J connectivity index is 1.26. The van der Waals surface area contributed by atoms with Gasteiger partial charge in [-0.3, -0.25) is 9.78 Å². The van der Waals surface area contributed by atoms with Gasteiger partial charge in [-0.25, -0.2) is 0 Å². The molecule has 2 aromatic heterocycles. The number of likely N-dealkylation sites (N-methyl/N-ethyl adjacent to an activating group) is 1. The number of pyridine rings is 1. The predicted molar refractivity (Wildman–Crippen MR) is 157 cm³/mol. The molecule has 3 fully saturated rings. The van der Waals surface area contributed by atoms with Gasteiger partial charge in [0.1, 0.15) is 12.1 Å². The second kappa shape index (κ2) is 10.4. The number of anilines is 1. The maximum atomic E-state index is 12.5. The lowest BCUT2D eigenvalue weighted by molar-refractivity contribution is -0.128. The largest absolute Gasteiger partial charge is 0.462 e. The number of likely N-dealkylation sites (tertiary alicyclic amines) is 1. The van der Waals surface area contributed by atoms with Gasteiger partial charge in [-0.15, -0.1) is 0 Å². The highest BCUT2D eigenvalue weighted by atomic mass is 16.5.